The first-order valence-corrected chi connectivity index (χ1v) is 6.44. The molecule has 0 spiro atoms. The second kappa shape index (κ2) is 6.77. The van der Waals surface area contributed by atoms with Crippen molar-refractivity contribution in [3.8, 4) is 0 Å². The van der Waals surface area contributed by atoms with E-state index >= 15 is 0 Å². The van der Waals surface area contributed by atoms with Gasteiger partial charge in [0.15, 0.2) is 0 Å². The molecule has 1 atom stereocenters. The Morgan fingerprint density at radius 3 is 2.53 bits per heavy atom. The maximum absolute atomic E-state index is 5.14. The molecule has 0 amide bonds. The largest absolute Gasteiger partial charge is 0.383 e. The molecule has 0 aliphatic carbocycles. The minimum absolute atomic E-state index is 0.358. The van der Waals surface area contributed by atoms with Crippen LogP contribution in [0.2, 0.25) is 0 Å². The number of aromatic nitrogens is 2. The molecule has 1 heterocycles. The van der Waals surface area contributed by atoms with Crippen LogP contribution in [-0.4, -0.2) is 30.5 Å². The highest BCUT2D eigenvalue weighted by atomic mass is 16.5. The second-order valence-corrected chi connectivity index (χ2v) is 4.24. The van der Waals surface area contributed by atoms with Crippen LogP contribution in [0, 0.1) is 0 Å². The Kier molecular flexibility index (Phi) is 5.65. The highest BCUT2D eigenvalue weighted by Gasteiger charge is 2.19. The highest BCUT2D eigenvalue weighted by Crippen LogP contribution is 2.23. The van der Waals surface area contributed by atoms with Gasteiger partial charge >= 0.3 is 0 Å². The van der Waals surface area contributed by atoms with Crippen molar-refractivity contribution < 1.29 is 4.74 Å². The van der Waals surface area contributed by atoms with Crippen molar-refractivity contribution in [2.45, 2.75) is 46.2 Å². The van der Waals surface area contributed by atoms with Crippen LogP contribution in [-0.2, 0) is 24.1 Å². The van der Waals surface area contributed by atoms with Gasteiger partial charge in [-0.25, -0.2) is 0 Å². The maximum Gasteiger partial charge on any atom is 0.0672 e. The van der Waals surface area contributed by atoms with Crippen molar-refractivity contribution in [1.29, 1.82) is 0 Å². The lowest BCUT2D eigenvalue weighted by molar-refractivity contribution is 0.182. The molecule has 4 heteroatoms. The number of hydrogen-bond donors (Lipinski definition) is 1. The fourth-order valence-corrected chi connectivity index (χ4v) is 2.21. The normalized spacial score (nSPS) is 13.0. The standard InChI is InChI=1S/C13H25N3O/c1-6-11-13(10(3)14-4)12(7-2)16(15-11)8-9-17-5/h10,14H,6-9H2,1-5H3. The maximum atomic E-state index is 5.14. The van der Waals surface area contributed by atoms with Crippen LogP contribution >= 0.6 is 0 Å². The zero-order chi connectivity index (χ0) is 12.8. The van der Waals surface area contributed by atoms with Crippen LogP contribution < -0.4 is 5.32 Å². The number of hydrogen-bond acceptors (Lipinski definition) is 3. The van der Waals surface area contributed by atoms with E-state index in [0.29, 0.717) is 12.6 Å². The van der Waals surface area contributed by atoms with Crippen LogP contribution in [0.25, 0.3) is 0 Å². The molecule has 17 heavy (non-hydrogen) atoms. The SMILES string of the molecule is CCc1nn(CCOC)c(CC)c1C(C)NC. The Morgan fingerprint density at radius 1 is 1.35 bits per heavy atom. The summed E-state index contributed by atoms with van der Waals surface area (Å²) in [5.41, 5.74) is 3.91. The van der Waals surface area contributed by atoms with Crippen LogP contribution in [0.15, 0.2) is 0 Å². The molecular weight excluding hydrogens is 214 g/mol. The van der Waals surface area contributed by atoms with Gasteiger partial charge in [-0.2, -0.15) is 5.10 Å². The summed E-state index contributed by atoms with van der Waals surface area (Å²) >= 11 is 0. The lowest BCUT2D eigenvalue weighted by atomic mass is 10.0. The average Bonchev–Trinajstić information content (AvgIpc) is 2.72. The van der Waals surface area contributed by atoms with E-state index in [-0.39, 0.29) is 0 Å². The van der Waals surface area contributed by atoms with Gasteiger partial charge in [0.05, 0.1) is 18.8 Å². The van der Waals surface area contributed by atoms with E-state index < -0.39 is 0 Å². The van der Waals surface area contributed by atoms with E-state index in [0.717, 1.165) is 19.4 Å². The van der Waals surface area contributed by atoms with Gasteiger partial charge in [0.2, 0.25) is 0 Å². The molecule has 1 aromatic heterocycles. The third kappa shape index (κ3) is 3.07. The molecule has 0 aliphatic heterocycles. The minimum Gasteiger partial charge on any atom is -0.383 e. The van der Waals surface area contributed by atoms with E-state index in [4.69, 9.17) is 9.84 Å². The molecule has 0 saturated carbocycles. The first kappa shape index (κ1) is 14.2. The first-order valence-electron chi connectivity index (χ1n) is 6.44. The number of methoxy groups -OCH3 is 1. The summed E-state index contributed by atoms with van der Waals surface area (Å²) in [6.45, 7) is 8.09. The first-order chi connectivity index (χ1) is 8.19. The van der Waals surface area contributed by atoms with Crippen molar-refractivity contribution in [3.63, 3.8) is 0 Å². The Labute approximate surface area is 104 Å². The van der Waals surface area contributed by atoms with Gasteiger partial charge in [0, 0.05) is 24.4 Å². The van der Waals surface area contributed by atoms with Gasteiger partial charge in [-0.1, -0.05) is 13.8 Å². The van der Waals surface area contributed by atoms with Gasteiger partial charge < -0.3 is 10.1 Å². The van der Waals surface area contributed by atoms with E-state index in [9.17, 15) is 0 Å². The summed E-state index contributed by atoms with van der Waals surface area (Å²) in [6, 6.07) is 0.358. The Hall–Kier alpha value is -0.870. The molecule has 1 aromatic rings. The summed E-state index contributed by atoms with van der Waals surface area (Å²) < 4.78 is 7.24. The van der Waals surface area contributed by atoms with Gasteiger partial charge in [-0.15, -0.1) is 0 Å². The van der Waals surface area contributed by atoms with Crippen molar-refractivity contribution in [1.82, 2.24) is 15.1 Å². The fraction of sp³-hybridized carbons (Fsp3) is 0.769. The number of nitrogens with zero attached hydrogens (tertiary/aromatic N) is 2. The molecule has 0 radical (unpaired) electrons. The monoisotopic (exact) mass is 239 g/mol. The van der Waals surface area contributed by atoms with Crippen LogP contribution in [0.3, 0.4) is 0 Å². The molecule has 1 unspecified atom stereocenters. The van der Waals surface area contributed by atoms with Gasteiger partial charge in [-0.05, 0) is 26.8 Å². The van der Waals surface area contributed by atoms with Crippen molar-refractivity contribution in [2.75, 3.05) is 20.8 Å². The molecule has 0 aromatic carbocycles. The predicted molar refractivity (Wildman–Crippen MR) is 70.3 cm³/mol. The number of rotatable bonds is 7. The molecule has 0 bridgehead atoms. The quantitative estimate of drug-likeness (QED) is 0.790. The van der Waals surface area contributed by atoms with E-state index in [1.54, 1.807) is 7.11 Å². The summed E-state index contributed by atoms with van der Waals surface area (Å²) in [5, 5.41) is 8.02. The summed E-state index contributed by atoms with van der Waals surface area (Å²) in [5.74, 6) is 0. The molecule has 4 nitrogen and oxygen atoms in total. The zero-order valence-electron chi connectivity index (χ0n) is 11.7. The molecule has 1 N–H and O–H groups in total. The third-order valence-corrected chi connectivity index (χ3v) is 3.22. The minimum atomic E-state index is 0.358. The van der Waals surface area contributed by atoms with Gasteiger partial charge in [0.25, 0.3) is 0 Å². The van der Waals surface area contributed by atoms with Crippen molar-refractivity contribution in [3.05, 3.63) is 17.0 Å². The molecule has 1 rings (SSSR count). The van der Waals surface area contributed by atoms with E-state index in [1.807, 2.05) is 7.05 Å². The highest BCUT2D eigenvalue weighted by molar-refractivity contribution is 5.30. The Bertz CT molecular complexity index is 347. The molecule has 0 saturated heterocycles. The van der Waals surface area contributed by atoms with Crippen LogP contribution in [0.1, 0.15) is 43.8 Å². The topological polar surface area (TPSA) is 39.1 Å². The molecule has 0 aliphatic rings. The number of nitrogens with one attached hydrogen (secondary N) is 1. The third-order valence-electron chi connectivity index (χ3n) is 3.22. The fourth-order valence-electron chi connectivity index (χ4n) is 2.21. The predicted octanol–water partition coefficient (Wildman–Crippen LogP) is 1.93. The van der Waals surface area contributed by atoms with Crippen LogP contribution in [0.4, 0.5) is 0 Å². The van der Waals surface area contributed by atoms with Crippen LogP contribution in [0.5, 0.6) is 0 Å². The van der Waals surface area contributed by atoms with Gasteiger partial charge in [-0.3, -0.25) is 4.68 Å². The molecular formula is C13H25N3O. The van der Waals surface area contributed by atoms with Crippen molar-refractivity contribution >= 4 is 0 Å². The average molecular weight is 239 g/mol. The molecule has 0 fully saturated rings. The lowest BCUT2D eigenvalue weighted by Crippen LogP contribution is -2.16. The zero-order valence-corrected chi connectivity index (χ0v) is 11.7. The lowest BCUT2D eigenvalue weighted by Gasteiger charge is -2.13. The van der Waals surface area contributed by atoms with Gasteiger partial charge in [0.1, 0.15) is 0 Å². The Morgan fingerprint density at radius 2 is 2.06 bits per heavy atom. The summed E-state index contributed by atoms with van der Waals surface area (Å²) in [6.07, 6.45) is 1.99. The number of aryl methyl sites for hydroxylation is 1. The van der Waals surface area contributed by atoms with E-state index in [2.05, 4.69) is 30.8 Å². The smallest absolute Gasteiger partial charge is 0.0672 e. The summed E-state index contributed by atoms with van der Waals surface area (Å²) in [4.78, 5) is 0. The second-order valence-electron chi connectivity index (χ2n) is 4.24. The van der Waals surface area contributed by atoms with Crippen molar-refractivity contribution in [2.24, 2.45) is 0 Å². The summed E-state index contributed by atoms with van der Waals surface area (Å²) in [7, 11) is 3.73. The Balaban J connectivity index is 3.11. The van der Waals surface area contributed by atoms with E-state index in [1.165, 1.54) is 17.0 Å². The number of ether oxygens (including phenoxy) is 1. The molecule has 98 valence electrons.